The number of benzene rings is 1. The van der Waals surface area contributed by atoms with Crippen LogP contribution in [0.5, 0.6) is 0 Å². The molecule has 8 heteroatoms. The fourth-order valence-corrected chi connectivity index (χ4v) is 3.17. The van der Waals surface area contributed by atoms with E-state index in [1.807, 2.05) is 30.3 Å². The van der Waals surface area contributed by atoms with E-state index in [0.717, 1.165) is 5.69 Å². The van der Waals surface area contributed by atoms with Gasteiger partial charge in [0.1, 0.15) is 11.1 Å². The predicted octanol–water partition coefficient (Wildman–Crippen LogP) is 1.22. The lowest BCUT2D eigenvalue weighted by Gasteiger charge is -2.16. The van der Waals surface area contributed by atoms with Gasteiger partial charge in [-0.3, -0.25) is 4.79 Å². The third kappa shape index (κ3) is 3.49. The lowest BCUT2D eigenvalue weighted by atomic mass is 10.3. The summed E-state index contributed by atoms with van der Waals surface area (Å²) in [5, 5.41) is 7.39. The van der Waals surface area contributed by atoms with Crippen molar-refractivity contribution in [2.45, 2.75) is 11.7 Å². The molecule has 1 fully saturated rings. The molecule has 3 N–H and O–H groups in total. The van der Waals surface area contributed by atoms with Gasteiger partial charge in [-0.2, -0.15) is 0 Å². The van der Waals surface area contributed by atoms with Crippen LogP contribution in [0.4, 0.5) is 17.2 Å². The van der Waals surface area contributed by atoms with Gasteiger partial charge in [0.2, 0.25) is 15.9 Å². The summed E-state index contributed by atoms with van der Waals surface area (Å²) in [4.78, 5) is 17.6. The molecular formula is C15H16N4O3S. The summed E-state index contributed by atoms with van der Waals surface area (Å²) in [5.74, 6) is 0.365. The van der Waals surface area contributed by atoms with Crippen molar-refractivity contribution in [2.75, 3.05) is 16.8 Å². The van der Waals surface area contributed by atoms with Gasteiger partial charge in [-0.1, -0.05) is 18.2 Å². The van der Waals surface area contributed by atoms with E-state index in [4.69, 9.17) is 5.14 Å². The van der Waals surface area contributed by atoms with Crippen LogP contribution in [0.15, 0.2) is 48.7 Å². The Labute approximate surface area is 134 Å². The summed E-state index contributed by atoms with van der Waals surface area (Å²) in [6.07, 6.45) is 1.44. The van der Waals surface area contributed by atoms with Crippen molar-refractivity contribution in [1.29, 1.82) is 0 Å². The van der Waals surface area contributed by atoms with E-state index in [2.05, 4.69) is 10.3 Å². The zero-order chi connectivity index (χ0) is 16.4. The molecule has 120 valence electrons. The monoisotopic (exact) mass is 332 g/mol. The molecule has 0 aliphatic carbocycles. The van der Waals surface area contributed by atoms with Crippen molar-refractivity contribution in [1.82, 2.24) is 4.98 Å². The standard InChI is InChI=1S/C15H16N4O3S/c16-23(21,22)13-8-15(20)19(10-13)12-6-7-14(17-9-12)18-11-4-2-1-3-5-11/h1-7,9,13H,8,10H2,(H,17,18)(H2,16,21,22). The molecule has 1 atom stereocenters. The molecule has 0 bridgehead atoms. The molecule has 1 aliphatic rings. The van der Waals surface area contributed by atoms with Gasteiger partial charge in [-0.15, -0.1) is 0 Å². The Balaban J connectivity index is 1.74. The normalized spacial score (nSPS) is 18.2. The molecule has 1 amide bonds. The van der Waals surface area contributed by atoms with E-state index in [-0.39, 0.29) is 18.9 Å². The number of rotatable bonds is 4. The third-order valence-corrected chi connectivity index (χ3v) is 4.90. The molecule has 2 aromatic rings. The molecule has 1 unspecified atom stereocenters. The number of aromatic nitrogens is 1. The number of pyridine rings is 1. The minimum Gasteiger partial charge on any atom is -0.340 e. The molecule has 2 heterocycles. The number of carbonyl (C=O) groups excluding carboxylic acids is 1. The van der Waals surface area contributed by atoms with Gasteiger partial charge in [-0.05, 0) is 24.3 Å². The first kappa shape index (κ1) is 15.4. The Morgan fingerprint density at radius 3 is 2.48 bits per heavy atom. The minimum absolute atomic E-state index is 0.0603. The average Bonchev–Trinajstić information content (AvgIpc) is 2.91. The number of carbonyl (C=O) groups is 1. The number of nitrogens with two attached hydrogens (primary N) is 1. The lowest BCUT2D eigenvalue weighted by Crippen LogP contribution is -2.32. The summed E-state index contributed by atoms with van der Waals surface area (Å²) in [6.45, 7) is 0.0603. The second-order valence-electron chi connectivity index (χ2n) is 5.31. The van der Waals surface area contributed by atoms with Crippen molar-refractivity contribution in [3.8, 4) is 0 Å². The van der Waals surface area contributed by atoms with Crippen molar-refractivity contribution < 1.29 is 13.2 Å². The van der Waals surface area contributed by atoms with Gasteiger partial charge in [0.05, 0.1) is 11.9 Å². The third-order valence-electron chi connectivity index (χ3n) is 3.66. The number of primary sulfonamides is 1. The number of nitrogens with zero attached hydrogens (tertiary/aromatic N) is 2. The van der Waals surface area contributed by atoms with Gasteiger partial charge in [-0.25, -0.2) is 18.5 Å². The summed E-state index contributed by atoms with van der Waals surface area (Å²) in [7, 11) is -3.72. The fraction of sp³-hybridized carbons (Fsp3) is 0.200. The summed E-state index contributed by atoms with van der Waals surface area (Å²) in [5.41, 5.74) is 1.46. The molecule has 0 saturated carbocycles. The molecule has 1 aromatic carbocycles. The smallest absolute Gasteiger partial charge is 0.228 e. The van der Waals surface area contributed by atoms with Gasteiger partial charge >= 0.3 is 0 Å². The highest BCUT2D eigenvalue weighted by molar-refractivity contribution is 7.89. The van der Waals surface area contributed by atoms with E-state index in [9.17, 15) is 13.2 Å². The zero-order valence-corrected chi connectivity index (χ0v) is 13.0. The number of hydrogen-bond donors (Lipinski definition) is 2. The number of para-hydroxylation sites is 1. The van der Waals surface area contributed by atoms with Gasteiger partial charge in [0, 0.05) is 18.7 Å². The highest BCUT2D eigenvalue weighted by atomic mass is 32.2. The Morgan fingerprint density at radius 2 is 1.91 bits per heavy atom. The van der Waals surface area contributed by atoms with E-state index >= 15 is 0 Å². The Morgan fingerprint density at radius 1 is 1.17 bits per heavy atom. The SMILES string of the molecule is NS(=O)(=O)C1CC(=O)N(c2ccc(Nc3ccccc3)nc2)C1. The first-order valence-electron chi connectivity index (χ1n) is 7.03. The maximum atomic E-state index is 12.0. The number of sulfonamides is 1. The molecule has 1 saturated heterocycles. The van der Waals surface area contributed by atoms with Crippen LogP contribution in [0.1, 0.15) is 6.42 Å². The highest BCUT2D eigenvalue weighted by Gasteiger charge is 2.37. The van der Waals surface area contributed by atoms with Crippen LogP contribution < -0.4 is 15.4 Å². The second-order valence-corrected chi connectivity index (χ2v) is 7.16. The zero-order valence-electron chi connectivity index (χ0n) is 12.2. The van der Waals surface area contributed by atoms with Crippen molar-refractivity contribution >= 4 is 33.1 Å². The quantitative estimate of drug-likeness (QED) is 0.876. The lowest BCUT2D eigenvalue weighted by molar-refractivity contribution is -0.117. The van der Waals surface area contributed by atoms with Crippen LogP contribution in [0.2, 0.25) is 0 Å². The Bertz CT molecular complexity index is 806. The maximum Gasteiger partial charge on any atom is 0.228 e. The summed E-state index contributed by atoms with van der Waals surface area (Å²) < 4.78 is 22.8. The molecule has 3 rings (SSSR count). The summed E-state index contributed by atoms with van der Waals surface area (Å²) in [6, 6.07) is 13.0. The summed E-state index contributed by atoms with van der Waals surface area (Å²) >= 11 is 0. The average molecular weight is 332 g/mol. The minimum atomic E-state index is -3.72. The largest absolute Gasteiger partial charge is 0.340 e. The van der Waals surface area contributed by atoms with Gasteiger partial charge < -0.3 is 10.2 Å². The fourth-order valence-electron chi connectivity index (χ4n) is 2.43. The van der Waals surface area contributed by atoms with E-state index in [1.165, 1.54) is 11.1 Å². The van der Waals surface area contributed by atoms with Crippen LogP contribution in [0.3, 0.4) is 0 Å². The molecule has 1 aliphatic heterocycles. The van der Waals surface area contributed by atoms with Gasteiger partial charge in [0.15, 0.2) is 0 Å². The Hall–Kier alpha value is -2.45. The molecule has 1 aromatic heterocycles. The molecule has 0 spiro atoms. The first-order valence-corrected chi connectivity index (χ1v) is 8.64. The van der Waals surface area contributed by atoms with Crippen molar-refractivity contribution in [3.63, 3.8) is 0 Å². The molecular weight excluding hydrogens is 316 g/mol. The van der Waals surface area contributed by atoms with Crippen molar-refractivity contribution in [2.24, 2.45) is 5.14 Å². The number of hydrogen-bond acceptors (Lipinski definition) is 5. The van der Waals surface area contributed by atoms with E-state index in [1.54, 1.807) is 12.1 Å². The highest BCUT2D eigenvalue weighted by Crippen LogP contribution is 2.25. The van der Waals surface area contributed by atoms with Crippen LogP contribution in [-0.4, -0.2) is 31.1 Å². The second kappa shape index (κ2) is 5.98. The number of anilines is 3. The van der Waals surface area contributed by atoms with Crippen LogP contribution in [-0.2, 0) is 14.8 Å². The Kier molecular flexibility index (Phi) is 4.01. The van der Waals surface area contributed by atoms with Crippen LogP contribution >= 0.6 is 0 Å². The first-order chi connectivity index (χ1) is 10.9. The molecule has 7 nitrogen and oxygen atoms in total. The van der Waals surface area contributed by atoms with Crippen LogP contribution in [0, 0.1) is 0 Å². The van der Waals surface area contributed by atoms with E-state index < -0.39 is 15.3 Å². The van der Waals surface area contributed by atoms with E-state index in [0.29, 0.717) is 11.5 Å². The maximum absolute atomic E-state index is 12.0. The van der Waals surface area contributed by atoms with Crippen molar-refractivity contribution in [3.05, 3.63) is 48.7 Å². The molecule has 23 heavy (non-hydrogen) atoms. The van der Waals surface area contributed by atoms with Gasteiger partial charge in [0.25, 0.3) is 0 Å². The predicted molar refractivity (Wildman–Crippen MR) is 87.8 cm³/mol. The molecule has 0 radical (unpaired) electrons. The van der Waals surface area contributed by atoms with Crippen LogP contribution in [0.25, 0.3) is 0 Å². The number of nitrogens with one attached hydrogen (secondary N) is 1. The topological polar surface area (TPSA) is 105 Å². The number of amides is 1.